The van der Waals surface area contributed by atoms with Gasteiger partial charge in [-0.2, -0.15) is 0 Å². The number of amides is 1. The Bertz CT molecular complexity index is 138. The number of carbonyl (C=O) groups excluding carboxylic acids is 1. The molecule has 0 saturated carbocycles. The second-order valence-electron chi connectivity index (χ2n) is 2.63. The Hall–Kier alpha value is 0.110. The first-order valence-corrected chi connectivity index (χ1v) is 4.98. The van der Waals surface area contributed by atoms with Crippen molar-refractivity contribution >= 4 is 29.3 Å². The molecule has 11 heavy (non-hydrogen) atoms. The standard InChI is InChI=1S/C7H14ClNOS/c1-7(2,6(10)9-3)11-5-4-8/h4-5H2,1-3H3,(H,9,10). The summed E-state index contributed by atoms with van der Waals surface area (Å²) >= 11 is 7.07. The molecule has 2 nitrogen and oxygen atoms in total. The zero-order valence-electron chi connectivity index (χ0n) is 7.11. The Morgan fingerprint density at radius 2 is 2.18 bits per heavy atom. The fourth-order valence-electron chi connectivity index (χ4n) is 0.660. The van der Waals surface area contributed by atoms with Gasteiger partial charge in [-0.05, 0) is 13.8 Å². The van der Waals surface area contributed by atoms with Crippen molar-refractivity contribution in [1.29, 1.82) is 0 Å². The molecule has 0 aromatic rings. The molecule has 4 heteroatoms. The van der Waals surface area contributed by atoms with Crippen LogP contribution in [0.25, 0.3) is 0 Å². The quantitative estimate of drug-likeness (QED) is 0.689. The number of thioether (sulfide) groups is 1. The second-order valence-corrected chi connectivity index (χ2v) is 4.72. The number of nitrogens with one attached hydrogen (secondary N) is 1. The number of carbonyl (C=O) groups is 1. The second kappa shape index (κ2) is 4.88. The van der Waals surface area contributed by atoms with Crippen LogP contribution < -0.4 is 5.32 Å². The van der Waals surface area contributed by atoms with Gasteiger partial charge in [0.1, 0.15) is 0 Å². The van der Waals surface area contributed by atoms with Crippen molar-refractivity contribution in [2.45, 2.75) is 18.6 Å². The summed E-state index contributed by atoms with van der Waals surface area (Å²) in [5.41, 5.74) is 0. The first-order chi connectivity index (χ1) is 5.04. The predicted molar refractivity (Wildman–Crippen MR) is 51.3 cm³/mol. The van der Waals surface area contributed by atoms with E-state index in [9.17, 15) is 4.79 Å². The van der Waals surface area contributed by atoms with Gasteiger partial charge in [-0.15, -0.1) is 23.4 Å². The van der Waals surface area contributed by atoms with Crippen LogP contribution in [0.5, 0.6) is 0 Å². The third-order valence-electron chi connectivity index (χ3n) is 1.31. The summed E-state index contributed by atoms with van der Waals surface area (Å²) in [6.07, 6.45) is 0. The van der Waals surface area contributed by atoms with Gasteiger partial charge < -0.3 is 5.32 Å². The monoisotopic (exact) mass is 195 g/mol. The molecule has 1 N–H and O–H groups in total. The van der Waals surface area contributed by atoms with E-state index in [2.05, 4.69) is 5.32 Å². The highest BCUT2D eigenvalue weighted by Crippen LogP contribution is 2.24. The first-order valence-electron chi connectivity index (χ1n) is 3.46. The molecule has 0 rings (SSSR count). The van der Waals surface area contributed by atoms with Crippen molar-refractivity contribution in [3.05, 3.63) is 0 Å². The van der Waals surface area contributed by atoms with Crippen molar-refractivity contribution in [2.24, 2.45) is 0 Å². The summed E-state index contributed by atoms with van der Waals surface area (Å²) in [4.78, 5) is 11.2. The van der Waals surface area contributed by atoms with Gasteiger partial charge in [0.25, 0.3) is 0 Å². The average molecular weight is 196 g/mol. The van der Waals surface area contributed by atoms with Gasteiger partial charge in [0.15, 0.2) is 0 Å². The van der Waals surface area contributed by atoms with Crippen molar-refractivity contribution < 1.29 is 4.79 Å². The fraction of sp³-hybridized carbons (Fsp3) is 0.857. The van der Waals surface area contributed by atoms with Crippen LogP contribution in [0.15, 0.2) is 0 Å². The van der Waals surface area contributed by atoms with Crippen LogP contribution in [-0.2, 0) is 4.79 Å². The molecule has 0 radical (unpaired) electrons. The zero-order chi connectivity index (χ0) is 8.91. The van der Waals surface area contributed by atoms with Crippen LogP contribution in [0.2, 0.25) is 0 Å². The molecular formula is C7H14ClNOS. The lowest BCUT2D eigenvalue weighted by molar-refractivity contribution is -0.122. The number of rotatable bonds is 4. The normalized spacial score (nSPS) is 11.3. The van der Waals surface area contributed by atoms with Gasteiger partial charge in [-0.1, -0.05) is 0 Å². The SMILES string of the molecule is CNC(=O)C(C)(C)SCCCl. The van der Waals surface area contributed by atoms with Gasteiger partial charge in [0, 0.05) is 18.7 Å². The summed E-state index contributed by atoms with van der Waals surface area (Å²) < 4.78 is -0.357. The summed E-state index contributed by atoms with van der Waals surface area (Å²) in [6, 6.07) is 0. The van der Waals surface area contributed by atoms with Gasteiger partial charge in [0.2, 0.25) is 5.91 Å². The van der Waals surface area contributed by atoms with E-state index in [4.69, 9.17) is 11.6 Å². The molecule has 0 atom stereocenters. The van der Waals surface area contributed by atoms with Gasteiger partial charge in [-0.3, -0.25) is 4.79 Å². The van der Waals surface area contributed by atoms with Crippen LogP contribution >= 0.6 is 23.4 Å². The molecule has 0 aromatic carbocycles. The molecule has 0 aromatic heterocycles. The maximum Gasteiger partial charge on any atom is 0.235 e. The molecular weight excluding hydrogens is 182 g/mol. The summed E-state index contributed by atoms with van der Waals surface area (Å²) in [6.45, 7) is 3.78. The minimum atomic E-state index is -0.357. The van der Waals surface area contributed by atoms with Crippen molar-refractivity contribution in [1.82, 2.24) is 5.32 Å². The number of hydrogen-bond donors (Lipinski definition) is 1. The van der Waals surface area contributed by atoms with E-state index in [-0.39, 0.29) is 10.7 Å². The lowest BCUT2D eigenvalue weighted by Gasteiger charge is -2.20. The van der Waals surface area contributed by atoms with Crippen LogP contribution in [0.3, 0.4) is 0 Å². The van der Waals surface area contributed by atoms with E-state index in [1.165, 1.54) is 0 Å². The number of hydrogen-bond acceptors (Lipinski definition) is 2. The molecule has 0 saturated heterocycles. The van der Waals surface area contributed by atoms with Crippen LogP contribution in [0.1, 0.15) is 13.8 Å². The summed E-state index contributed by atoms with van der Waals surface area (Å²) in [5.74, 6) is 1.44. The molecule has 0 aliphatic rings. The van der Waals surface area contributed by atoms with Gasteiger partial charge in [-0.25, -0.2) is 0 Å². The smallest absolute Gasteiger partial charge is 0.235 e. The van der Waals surface area contributed by atoms with E-state index in [1.807, 2.05) is 13.8 Å². The lowest BCUT2D eigenvalue weighted by atomic mass is 10.2. The average Bonchev–Trinajstić information content (AvgIpc) is 1.99. The molecule has 0 unspecified atom stereocenters. The maximum atomic E-state index is 11.2. The molecule has 0 heterocycles. The van der Waals surface area contributed by atoms with E-state index >= 15 is 0 Å². The van der Waals surface area contributed by atoms with Crippen molar-refractivity contribution in [2.75, 3.05) is 18.7 Å². The molecule has 0 aliphatic heterocycles. The van der Waals surface area contributed by atoms with Crippen LogP contribution in [0.4, 0.5) is 0 Å². The zero-order valence-corrected chi connectivity index (χ0v) is 8.68. The molecule has 0 aliphatic carbocycles. The highest BCUT2D eigenvalue weighted by atomic mass is 35.5. The van der Waals surface area contributed by atoms with Crippen LogP contribution in [-0.4, -0.2) is 29.3 Å². The minimum absolute atomic E-state index is 0.0487. The third kappa shape index (κ3) is 3.87. The molecule has 0 bridgehead atoms. The first kappa shape index (κ1) is 11.1. The highest BCUT2D eigenvalue weighted by Gasteiger charge is 2.26. The Labute approximate surface area is 77.1 Å². The molecule has 1 amide bonds. The molecule has 0 fully saturated rings. The topological polar surface area (TPSA) is 29.1 Å². The predicted octanol–water partition coefficient (Wildman–Crippen LogP) is 1.48. The Morgan fingerprint density at radius 1 is 1.64 bits per heavy atom. The van der Waals surface area contributed by atoms with Crippen molar-refractivity contribution in [3.8, 4) is 0 Å². The summed E-state index contributed by atoms with van der Waals surface area (Å²) in [7, 11) is 1.64. The Balaban J connectivity index is 3.88. The minimum Gasteiger partial charge on any atom is -0.358 e. The maximum absolute atomic E-state index is 11.2. The van der Waals surface area contributed by atoms with E-state index in [0.29, 0.717) is 5.88 Å². The lowest BCUT2D eigenvalue weighted by Crippen LogP contribution is -2.37. The largest absolute Gasteiger partial charge is 0.358 e. The van der Waals surface area contributed by atoms with E-state index in [0.717, 1.165) is 5.75 Å². The van der Waals surface area contributed by atoms with Crippen LogP contribution in [0, 0.1) is 0 Å². The van der Waals surface area contributed by atoms with E-state index < -0.39 is 0 Å². The third-order valence-corrected chi connectivity index (χ3v) is 3.04. The fourth-order valence-corrected chi connectivity index (χ4v) is 1.71. The highest BCUT2D eigenvalue weighted by molar-refractivity contribution is 8.01. The molecule has 66 valence electrons. The number of alkyl halides is 1. The van der Waals surface area contributed by atoms with Crippen molar-refractivity contribution in [3.63, 3.8) is 0 Å². The summed E-state index contributed by atoms with van der Waals surface area (Å²) in [5, 5.41) is 2.61. The van der Waals surface area contributed by atoms with Gasteiger partial charge in [0.05, 0.1) is 4.75 Å². The Morgan fingerprint density at radius 3 is 2.55 bits per heavy atom. The van der Waals surface area contributed by atoms with Gasteiger partial charge >= 0.3 is 0 Å². The van der Waals surface area contributed by atoms with E-state index in [1.54, 1.807) is 18.8 Å². The Kier molecular flexibility index (Phi) is 4.93. The molecule has 0 spiro atoms. The number of halogens is 1.